The largest absolute Gasteiger partial charge is 0.486 e. The first-order chi connectivity index (χ1) is 12.6. The summed E-state index contributed by atoms with van der Waals surface area (Å²) in [5.74, 6) is 0.314. The van der Waals surface area contributed by atoms with Crippen LogP contribution < -0.4 is 4.74 Å². The first-order valence-corrected chi connectivity index (χ1v) is 9.17. The zero-order valence-electron chi connectivity index (χ0n) is 13.7. The summed E-state index contributed by atoms with van der Waals surface area (Å²) in [7, 11) is 0. The predicted molar refractivity (Wildman–Crippen MR) is 99.7 cm³/mol. The number of hydrogen-bond acceptors (Lipinski definition) is 5. The van der Waals surface area contributed by atoms with Crippen molar-refractivity contribution >= 4 is 29.3 Å². The van der Waals surface area contributed by atoms with Gasteiger partial charge in [-0.15, -0.1) is 10.2 Å². The lowest BCUT2D eigenvalue weighted by atomic mass is 10.2. The molecular formula is C18H16ClN3O3S. The molecule has 0 spiro atoms. The maximum Gasteiger partial charge on any atom is 0.313 e. The van der Waals surface area contributed by atoms with Crippen molar-refractivity contribution < 1.29 is 14.6 Å². The first-order valence-electron chi connectivity index (χ1n) is 7.81. The smallest absolute Gasteiger partial charge is 0.313 e. The van der Waals surface area contributed by atoms with Gasteiger partial charge in [-0.1, -0.05) is 53.7 Å². The fourth-order valence-electron chi connectivity index (χ4n) is 2.26. The number of rotatable bonds is 8. The van der Waals surface area contributed by atoms with E-state index in [0.29, 0.717) is 28.3 Å². The van der Waals surface area contributed by atoms with Crippen molar-refractivity contribution in [3.8, 4) is 5.75 Å². The van der Waals surface area contributed by atoms with Gasteiger partial charge in [0.1, 0.15) is 12.4 Å². The second-order valence-electron chi connectivity index (χ2n) is 5.40. The summed E-state index contributed by atoms with van der Waals surface area (Å²) in [5.41, 5.74) is 1.07. The van der Waals surface area contributed by atoms with Crippen LogP contribution in [-0.4, -0.2) is 31.6 Å². The fraction of sp³-hybridized carbons (Fsp3) is 0.167. The van der Waals surface area contributed by atoms with Crippen LogP contribution in [0.4, 0.5) is 0 Å². The van der Waals surface area contributed by atoms with Crippen LogP contribution in [0, 0.1) is 0 Å². The van der Waals surface area contributed by atoms with Gasteiger partial charge in [-0.05, 0) is 29.8 Å². The maximum atomic E-state index is 10.9. The number of hydrogen-bond donors (Lipinski definition) is 1. The zero-order valence-corrected chi connectivity index (χ0v) is 15.3. The molecule has 6 nitrogen and oxygen atoms in total. The number of aromatic nitrogens is 3. The molecule has 0 aliphatic carbocycles. The molecule has 3 rings (SSSR count). The van der Waals surface area contributed by atoms with Crippen molar-refractivity contribution in [2.24, 2.45) is 0 Å². The lowest BCUT2D eigenvalue weighted by Gasteiger charge is -2.11. The van der Waals surface area contributed by atoms with Crippen LogP contribution in [-0.2, 0) is 17.9 Å². The maximum absolute atomic E-state index is 10.9. The van der Waals surface area contributed by atoms with Crippen LogP contribution >= 0.6 is 23.4 Å². The highest BCUT2D eigenvalue weighted by Gasteiger charge is 2.15. The van der Waals surface area contributed by atoms with Crippen molar-refractivity contribution in [2.45, 2.75) is 18.3 Å². The molecule has 0 aliphatic heterocycles. The molecule has 2 aromatic carbocycles. The van der Waals surface area contributed by atoms with Gasteiger partial charge < -0.3 is 9.84 Å². The Balaban J connectivity index is 1.78. The van der Waals surface area contributed by atoms with Crippen LogP contribution in [0.25, 0.3) is 0 Å². The van der Waals surface area contributed by atoms with Crippen molar-refractivity contribution in [2.75, 3.05) is 5.75 Å². The second-order valence-corrected chi connectivity index (χ2v) is 6.77. The lowest BCUT2D eigenvalue weighted by molar-refractivity contribution is -0.133. The van der Waals surface area contributed by atoms with Crippen LogP contribution in [0.3, 0.4) is 0 Å². The summed E-state index contributed by atoms with van der Waals surface area (Å²) in [6.07, 6.45) is 0. The molecule has 1 aromatic heterocycles. The normalized spacial score (nSPS) is 10.7. The quantitative estimate of drug-likeness (QED) is 0.591. The molecule has 0 amide bonds. The second kappa shape index (κ2) is 8.73. The van der Waals surface area contributed by atoms with E-state index in [2.05, 4.69) is 10.2 Å². The summed E-state index contributed by atoms with van der Waals surface area (Å²) in [4.78, 5) is 10.9. The average molecular weight is 390 g/mol. The molecule has 26 heavy (non-hydrogen) atoms. The number of halogens is 1. The molecule has 1 N–H and O–H groups in total. The van der Waals surface area contributed by atoms with Gasteiger partial charge in [-0.3, -0.25) is 9.36 Å². The van der Waals surface area contributed by atoms with Crippen molar-refractivity contribution in [1.29, 1.82) is 0 Å². The Hall–Kier alpha value is -2.51. The number of aliphatic carboxylic acids is 1. The van der Waals surface area contributed by atoms with E-state index >= 15 is 0 Å². The topological polar surface area (TPSA) is 77.2 Å². The number of carbonyl (C=O) groups is 1. The highest BCUT2D eigenvalue weighted by Crippen LogP contribution is 2.21. The van der Waals surface area contributed by atoms with Crippen molar-refractivity contribution in [3.05, 3.63) is 71.0 Å². The van der Waals surface area contributed by atoms with Crippen LogP contribution in [0.1, 0.15) is 11.4 Å². The van der Waals surface area contributed by atoms with Gasteiger partial charge in [0.15, 0.2) is 11.0 Å². The minimum atomic E-state index is -0.900. The van der Waals surface area contributed by atoms with Gasteiger partial charge in [0, 0.05) is 5.02 Å². The predicted octanol–water partition coefficient (Wildman–Crippen LogP) is 3.74. The summed E-state index contributed by atoms with van der Waals surface area (Å²) in [6, 6.07) is 16.9. The molecule has 3 aromatic rings. The Morgan fingerprint density at radius 2 is 1.85 bits per heavy atom. The Kier molecular flexibility index (Phi) is 6.14. The minimum absolute atomic E-state index is 0.0784. The highest BCUT2D eigenvalue weighted by molar-refractivity contribution is 7.99. The zero-order chi connectivity index (χ0) is 18.4. The molecule has 0 saturated carbocycles. The molecule has 134 valence electrons. The van der Waals surface area contributed by atoms with Crippen LogP contribution in [0.2, 0.25) is 5.02 Å². The number of thioether (sulfide) groups is 1. The molecule has 0 saturated heterocycles. The Labute approximate surface area is 159 Å². The molecule has 0 fully saturated rings. The standard InChI is InChI=1S/C18H16ClN3O3S/c19-14-6-8-15(9-7-14)25-11-16-20-21-18(26-12-17(23)24)22(16)10-13-4-2-1-3-5-13/h1-9H,10-12H2,(H,23,24). The third kappa shape index (κ3) is 5.00. The number of carboxylic acid groups (broad SMARTS) is 1. The van der Waals surface area contributed by atoms with Gasteiger partial charge in [0.25, 0.3) is 0 Å². The number of carboxylic acids is 1. The molecule has 0 aliphatic rings. The van der Waals surface area contributed by atoms with Crippen LogP contribution in [0.15, 0.2) is 59.8 Å². The summed E-state index contributed by atoms with van der Waals surface area (Å²) in [6.45, 7) is 0.754. The SMILES string of the molecule is O=C(O)CSc1nnc(COc2ccc(Cl)cc2)n1Cc1ccccc1. The van der Waals surface area contributed by atoms with E-state index in [1.54, 1.807) is 24.3 Å². The summed E-state index contributed by atoms with van der Waals surface area (Å²) >= 11 is 7.01. The van der Waals surface area contributed by atoms with Gasteiger partial charge in [0.05, 0.1) is 12.3 Å². The molecule has 0 bridgehead atoms. The van der Waals surface area contributed by atoms with Crippen molar-refractivity contribution in [1.82, 2.24) is 14.8 Å². The Morgan fingerprint density at radius 3 is 2.54 bits per heavy atom. The van der Waals surface area contributed by atoms with Gasteiger partial charge in [-0.25, -0.2) is 0 Å². The third-order valence-corrected chi connectivity index (χ3v) is 4.69. The number of nitrogens with zero attached hydrogens (tertiary/aromatic N) is 3. The number of benzene rings is 2. The van der Waals surface area contributed by atoms with E-state index in [9.17, 15) is 4.79 Å². The fourth-order valence-corrected chi connectivity index (χ4v) is 3.07. The molecule has 1 heterocycles. The first kappa shape index (κ1) is 18.3. The monoisotopic (exact) mass is 389 g/mol. The number of ether oxygens (including phenoxy) is 1. The Bertz CT molecular complexity index is 869. The molecule has 8 heteroatoms. The molecule has 0 radical (unpaired) electrons. The summed E-state index contributed by atoms with van der Waals surface area (Å²) in [5, 5.41) is 18.4. The minimum Gasteiger partial charge on any atom is -0.486 e. The Morgan fingerprint density at radius 1 is 1.12 bits per heavy atom. The molecule has 0 unspecified atom stereocenters. The van der Waals surface area contributed by atoms with E-state index in [1.165, 1.54) is 0 Å². The van der Waals surface area contributed by atoms with Gasteiger partial charge >= 0.3 is 5.97 Å². The third-order valence-electron chi connectivity index (χ3n) is 3.48. The summed E-state index contributed by atoms with van der Waals surface area (Å²) < 4.78 is 7.63. The van der Waals surface area contributed by atoms with E-state index in [0.717, 1.165) is 17.3 Å². The lowest BCUT2D eigenvalue weighted by Crippen LogP contribution is -2.10. The van der Waals surface area contributed by atoms with Gasteiger partial charge in [-0.2, -0.15) is 0 Å². The van der Waals surface area contributed by atoms with E-state index in [-0.39, 0.29) is 12.4 Å². The van der Waals surface area contributed by atoms with Crippen molar-refractivity contribution in [3.63, 3.8) is 0 Å². The average Bonchev–Trinajstić information content (AvgIpc) is 3.02. The van der Waals surface area contributed by atoms with Crippen LogP contribution in [0.5, 0.6) is 5.75 Å². The van der Waals surface area contributed by atoms with E-state index in [4.69, 9.17) is 21.4 Å². The highest BCUT2D eigenvalue weighted by atomic mass is 35.5. The molecule has 0 atom stereocenters. The molecular weight excluding hydrogens is 374 g/mol. The van der Waals surface area contributed by atoms with E-state index < -0.39 is 5.97 Å². The van der Waals surface area contributed by atoms with Gasteiger partial charge in [0.2, 0.25) is 0 Å². The van der Waals surface area contributed by atoms with E-state index in [1.807, 2.05) is 34.9 Å².